The predicted octanol–water partition coefficient (Wildman–Crippen LogP) is 1.76. The van der Waals surface area contributed by atoms with Gasteiger partial charge in [0, 0.05) is 18.2 Å². The van der Waals surface area contributed by atoms with Crippen LogP contribution in [0.4, 0.5) is 4.39 Å². The summed E-state index contributed by atoms with van der Waals surface area (Å²) in [5.74, 6) is 0.558. The summed E-state index contributed by atoms with van der Waals surface area (Å²) in [5, 5.41) is 0. The van der Waals surface area contributed by atoms with Crippen molar-refractivity contribution in [2.45, 2.75) is 6.54 Å². The Balaban J connectivity index is 2.58. The molecule has 0 spiro atoms. The predicted molar refractivity (Wildman–Crippen MR) is 68.4 cm³/mol. The summed E-state index contributed by atoms with van der Waals surface area (Å²) < 4.78 is 24.5. The molecule has 0 aliphatic rings. The molecule has 0 unspecified atom stereocenters. The van der Waals surface area contributed by atoms with Gasteiger partial charge in [-0.15, -0.1) is 0 Å². The van der Waals surface area contributed by atoms with Gasteiger partial charge in [0.15, 0.2) is 5.82 Å². The second-order valence-electron chi connectivity index (χ2n) is 3.75. The highest BCUT2D eigenvalue weighted by Crippen LogP contribution is 2.33. The van der Waals surface area contributed by atoms with Gasteiger partial charge in [-0.2, -0.15) is 0 Å². The Kier molecular flexibility index (Phi) is 3.91. The Bertz CT molecular complexity index is 590. The second kappa shape index (κ2) is 5.62. The van der Waals surface area contributed by atoms with Gasteiger partial charge in [0.05, 0.1) is 19.9 Å². The first kappa shape index (κ1) is 13.2. The van der Waals surface area contributed by atoms with E-state index in [1.54, 1.807) is 25.3 Å². The maximum atomic E-state index is 14.2. The Morgan fingerprint density at radius 3 is 2.63 bits per heavy atom. The SMILES string of the molecule is COc1ccc(-c2ncnc(CN)c2F)c(OC)c1. The van der Waals surface area contributed by atoms with Crippen LogP contribution >= 0.6 is 0 Å². The zero-order chi connectivity index (χ0) is 13.8. The number of hydrogen-bond acceptors (Lipinski definition) is 5. The van der Waals surface area contributed by atoms with E-state index in [0.29, 0.717) is 17.1 Å². The second-order valence-corrected chi connectivity index (χ2v) is 3.75. The number of benzene rings is 1. The fourth-order valence-corrected chi connectivity index (χ4v) is 1.73. The topological polar surface area (TPSA) is 70.3 Å². The molecule has 19 heavy (non-hydrogen) atoms. The van der Waals surface area contributed by atoms with Crippen LogP contribution in [0.5, 0.6) is 11.5 Å². The summed E-state index contributed by atoms with van der Waals surface area (Å²) in [5.41, 5.74) is 6.29. The Labute approximate surface area is 110 Å². The number of halogens is 1. The first-order valence-corrected chi connectivity index (χ1v) is 5.63. The van der Waals surface area contributed by atoms with Gasteiger partial charge in [-0.3, -0.25) is 0 Å². The smallest absolute Gasteiger partial charge is 0.172 e. The lowest BCUT2D eigenvalue weighted by Gasteiger charge is -2.11. The van der Waals surface area contributed by atoms with Gasteiger partial charge in [0.1, 0.15) is 23.5 Å². The highest BCUT2D eigenvalue weighted by molar-refractivity contribution is 5.69. The van der Waals surface area contributed by atoms with Gasteiger partial charge in [-0.05, 0) is 12.1 Å². The first-order valence-electron chi connectivity index (χ1n) is 5.63. The average Bonchev–Trinajstić information content (AvgIpc) is 2.47. The van der Waals surface area contributed by atoms with Crippen LogP contribution in [0.25, 0.3) is 11.3 Å². The molecule has 0 radical (unpaired) electrons. The Morgan fingerprint density at radius 1 is 1.21 bits per heavy atom. The van der Waals surface area contributed by atoms with Crippen LogP contribution in [-0.4, -0.2) is 24.2 Å². The van der Waals surface area contributed by atoms with Crippen molar-refractivity contribution in [3.05, 3.63) is 36.0 Å². The zero-order valence-electron chi connectivity index (χ0n) is 10.7. The van der Waals surface area contributed by atoms with Crippen LogP contribution in [0.3, 0.4) is 0 Å². The molecule has 0 saturated heterocycles. The van der Waals surface area contributed by atoms with Crippen molar-refractivity contribution in [2.24, 2.45) is 5.73 Å². The minimum Gasteiger partial charge on any atom is -0.497 e. The van der Waals surface area contributed by atoms with Crippen LogP contribution in [-0.2, 0) is 6.54 Å². The molecule has 2 N–H and O–H groups in total. The van der Waals surface area contributed by atoms with E-state index < -0.39 is 5.82 Å². The molecule has 2 rings (SSSR count). The van der Waals surface area contributed by atoms with Crippen molar-refractivity contribution >= 4 is 0 Å². The molecule has 0 atom stereocenters. The molecule has 5 nitrogen and oxygen atoms in total. The lowest BCUT2D eigenvalue weighted by atomic mass is 10.1. The molecule has 100 valence electrons. The lowest BCUT2D eigenvalue weighted by Crippen LogP contribution is -2.06. The molecule has 0 aliphatic heterocycles. The van der Waals surface area contributed by atoms with Crippen molar-refractivity contribution < 1.29 is 13.9 Å². The maximum Gasteiger partial charge on any atom is 0.172 e. The molecular weight excluding hydrogens is 249 g/mol. The normalized spacial score (nSPS) is 10.3. The summed E-state index contributed by atoms with van der Waals surface area (Å²) in [6, 6.07) is 5.06. The van der Waals surface area contributed by atoms with E-state index in [0.717, 1.165) is 0 Å². The van der Waals surface area contributed by atoms with E-state index in [9.17, 15) is 4.39 Å². The molecule has 1 aromatic carbocycles. The average molecular weight is 263 g/mol. The fraction of sp³-hybridized carbons (Fsp3) is 0.231. The van der Waals surface area contributed by atoms with E-state index in [4.69, 9.17) is 15.2 Å². The van der Waals surface area contributed by atoms with Gasteiger partial charge in [-0.1, -0.05) is 0 Å². The summed E-state index contributed by atoms with van der Waals surface area (Å²) in [6.07, 6.45) is 1.28. The quantitative estimate of drug-likeness (QED) is 0.910. The van der Waals surface area contributed by atoms with E-state index in [1.165, 1.54) is 13.4 Å². The molecule has 0 bridgehead atoms. The van der Waals surface area contributed by atoms with Crippen LogP contribution in [0, 0.1) is 5.82 Å². The minimum atomic E-state index is -0.534. The van der Waals surface area contributed by atoms with Gasteiger partial charge in [0.25, 0.3) is 0 Å². The van der Waals surface area contributed by atoms with E-state index in [1.807, 2.05) is 0 Å². The van der Waals surface area contributed by atoms with Gasteiger partial charge < -0.3 is 15.2 Å². The monoisotopic (exact) mass is 263 g/mol. The third kappa shape index (κ3) is 2.48. The molecule has 1 aromatic heterocycles. The van der Waals surface area contributed by atoms with Gasteiger partial charge >= 0.3 is 0 Å². The number of aromatic nitrogens is 2. The summed E-state index contributed by atoms with van der Waals surface area (Å²) >= 11 is 0. The highest BCUT2D eigenvalue weighted by Gasteiger charge is 2.16. The standard InChI is InChI=1S/C13H14FN3O2/c1-18-8-3-4-9(11(5-8)19-2)13-12(14)10(6-15)16-7-17-13/h3-5,7H,6,15H2,1-2H3. The largest absolute Gasteiger partial charge is 0.497 e. The molecule has 0 saturated carbocycles. The van der Waals surface area contributed by atoms with E-state index in [2.05, 4.69) is 9.97 Å². The van der Waals surface area contributed by atoms with Crippen LogP contribution < -0.4 is 15.2 Å². The first-order chi connectivity index (χ1) is 9.21. The fourth-order valence-electron chi connectivity index (χ4n) is 1.73. The van der Waals surface area contributed by atoms with Crippen molar-refractivity contribution in [2.75, 3.05) is 14.2 Å². The molecule has 1 heterocycles. The maximum absolute atomic E-state index is 14.2. The molecule has 6 heteroatoms. The number of methoxy groups -OCH3 is 2. The lowest BCUT2D eigenvalue weighted by molar-refractivity contribution is 0.395. The van der Waals surface area contributed by atoms with Crippen molar-refractivity contribution in [3.8, 4) is 22.8 Å². The number of rotatable bonds is 4. The molecule has 0 aliphatic carbocycles. The van der Waals surface area contributed by atoms with Gasteiger partial charge in [-0.25, -0.2) is 14.4 Å². The number of nitrogens with zero attached hydrogens (tertiary/aromatic N) is 2. The third-order valence-electron chi connectivity index (χ3n) is 2.72. The Morgan fingerprint density at radius 2 is 2.00 bits per heavy atom. The van der Waals surface area contributed by atoms with Crippen molar-refractivity contribution in [1.82, 2.24) is 9.97 Å². The van der Waals surface area contributed by atoms with Crippen LogP contribution in [0.2, 0.25) is 0 Å². The van der Waals surface area contributed by atoms with E-state index >= 15 is 0 Å². The minimum absolute atomic E-state index is 0.0137. The molecular formula is C13H14FN3O2. The number of hydrogen-bond donors (Lipinski definition) is 1. The summed E-state index contributed by atoms with van der Waals surface area (Å²) in [4.78, 5) is 7.75. The third-order valence-corrected chi connectivity index (χ3v) is 2.72. The van der Waals surface area contributed by atoms with Crippen molar-refractivity contribution in [1.29, 1.82) is 0 Å². The molecule has 0 fully saturated rings. The van der Waals surface area contributed by atoms with Crippen LogP contribution in [0.15, 0.2) is 24.5 Å². The number of ether oxygens (including phenoxy) is 2. The van der Waals surface area contributed by atoms with Crippen molar-refractivity contribution in [3.63, 3.8) is 0 Å². The highest BCUT2D eigenvalue weighted by atomic mass is 19.1. The zero-order valence-corrected chi connectivity index (χ0v) is 10.7. The van der Waals surface area contributed by atoms with Gasteiger partial charge in [0.2, 0.25) is 0 Å². The molecule has 2 aromatic rings. The number of nitrogens with two attached hydrogens (primary N) is 1. The molecule has 0 amide bonds. The Hall–Kier alpha value is -2.21. The van der Waals surface area contributed by atoms with Crippen LogP contribution in [0.1, 0.15) is 5.69 Å². The summed E-state index contributed by atoms with van der Waals surface area (Å²) in [7, 11) is 3.05. The van der Waals surface area contributed by atoms with E-state index in [-0.39, 0.29) is 17.9 Å². The summed E-state index contributed by atoms with van der Waals surface area (Å²) in [6.45, 7) is 0.0137.